The number of rotatable bonds is 11. The first-order valence-electron chi connectivity index (χ1n) is 13.1. The Morgan fingerprint density at radius 2 is 1.56 bits per heavy atom. The molecule has 43 heavy (non-hydrogen) atoms. The second kappa shape index (κ2) is 14.5. The molecule has 0 aliphatic heterocycles. The number of amides is 3. The van der Waals surface area contributed by atoms with Crippen molar-refractivity contribution in [3.8, 4) is 11.5 Å². The second-order valence-corrected chi connectivity index (χ2v) is 10.3. The molecule has 0 aliphatic carbocycles. The van der Waals surface area contributed by atoms with Gasteiger partial charge >= 0.3 is 0 Å². The Hall–Kier alpha value is -5.35. The summed E-state index contributed by atoms with van der Waals surface area (Å²) in [6, 6.07) is 26.5. The zero-order valence-corrected chi connectivity index (χ0v) is 24.2. The molecule has 0 atom stereocenters. The van der Waals surface area contributed by atoms with Gasteiger partial charge in [0.15, 0.2) is 5.78 Å². The Morgan fingerprint density at radius 1 is 0.814 bits per heavy atom. The van der Waals surface area contributed by atoms with E-state index in [4.69, 9.17) is 4.74 Å². The van der Waals surface area contributed by atoms with Gasteiger partial charge in [-0.05, 0) is 79.7 Å². The summed E-state index contributed by atoms with van der Waals surface area (Å²) in [5, 5.41) is 18.1. The highest BCUT2D eigenvalue weighted by Crippen LogP contribution is 2.27. The zero-order valence-electron chi connectivity index (χ0n) is 23.4. The molecule has 0 saturated heterocycles. The number of thioether (sulfide) groups is 1. The lowest BCUT2D eigenvalue weighted by molar-refractivity contribution is -0.114. The van der Waals surface area contributed by atoms with Crippen molar-refractivity contribution in [2.45, 2.75) is 11.8 Å². The van der Waals surface area contributed by atoms with E-state index in [-0.39, 0.29) is 28.9 Å². The number of carbonyl (C=O) groups excluding carboxylic acids is 4. The molecule has 4 rings (SSSR count). The summed E-state index contributed by atoms with van der Waals surface area (Å²) in [5.41, 5.74) is 2.37. The molecule has 0 saturated carbocycles. The number of hydrogen-bond donors (Lipinski definition) is 4. The van der Waals surface area contributed by atoms with Crippen molar-refractivity contribution in [1.82, 2.24) is 5.32 Å². The van der Waals surface area contributed by atoms with Gasteiger partial charge in [0.2, 0.25) is 5.91 Å². The van der Waals surface area contributed by atoms with E-state index in [1.807, 2.05) is 6.07 Å². The first-order chi connectivity index (χ1) is 20.7. The van der Waals surface area contributed by atoms with Gasteiger partial charge < -0.3 is 25.8 Å². The quantitative estimate of drug-likeness (QED) is 0.0987. The fourth-order valence-electron chi connectivity index (χ4n) is 3.91. The fraction of sp³-hybridized carbons (Fsp3) is 0.0909. The third-order valence-electron chi connectivity index (χ3n) is 6.08. The fourth-order valence-corrected chi connectivity index (χ4v) is 4.67. The summed E-state index contributed by atoms with van der Waals surface area (Å²) in [6.45, 7) is 1.48. The maximum atomic E-state index is 13.4. The van der Waals surface area contributed by atoms with Gasteiger partial charge in [-0.25, -0.2) is 0 Å². The molecule has 218 valence electrons. The molecule has 4 aromatic carbocycles. The number of hydrogen-bond acceptors (Lipinski definition) is 7. The standard InChI is InChI=1S/C33H29N3O6S/c1-21(37)22-11-14-25(15-12-22)34-31(39)20-43-28-10-6-9-26(18-28)35-33(41)29(36-32(40)23-7-4-3-5-8-23)17-24-13-16-27(38)19-30(24)42-2/h3-19,38H,20H2,1-2H3,(H,34,39)(H,35,41)(H,36,40)/b29-17+. The zero-order chi connectivity index (χ0) is 30.8. The number of ketones is 1. The minimum Gasteiger partial charge on any atom is -0.508 e. The molecule has 0 unspecified atom stereocenters. The Bertz CT molecular complexity index is 1670. The number of aromatic hydroxyl groups is 1. The Kier molecular flexibility index (Phi) is 10.3. The van der Waals surface area contributed by atoms with Gasteiger partial charge in [0, 0.05) is 39.0 Å². The Labute approximate surface area is 253 Å². The number of carbonyl (C=O) groups is 4. The number of phenols is 1. The van der Waals surface area contributed by atoms with Gasteiger partial charge in [-0.3, -0.25) is 19.2 Å². The van der Waals surface area contributed by atoms with Crippen LogP contribution in [-0.4, -0.2) is 41.5 Å². The number of anilines is 2. The van der Waals surface area contributed by atoms with Crippen LogP contribution in [0.2, 0.25) is 0 Å². The van der Waals surface area contributed by atoms with Crippen molar-refractivity contribution in [3.63, 3.8) is 0 Å². The molecule has 9 nitrogen and oxygen atoms in total. The lowest BCUT2D eigenvalue weighted by atomic mass is 10.1. The summed E-state index contributed by atoms with van der Waals surface area (Å²) in [5.74, 6) is -0.939. The highest BCUT2D eigenvalue weighted by Gasteiger charge is 2.17. The first-order valence-corrected chi connectivity index (χ1v) is 14.1. The number of nitrogens with one attached hydrogen (secondary N) is 3. The van der Waals surface area contributed by atoms with Crippen LogP contribution in [0.15, 0.2) is 108 Å². The van der Waals surface area contributed by atoms with Crippen molar-refractivity contribution >= 4 is 52.7 Å². The van der Waals surface area contributed by atoms with Gasteiger partial charge in [0.1, 0.15) is 17.2 Å². The van der Waals surface area contributed by atoms with E-state index in [1.165, 1.54) is 44.0 Å². The summed E-state index contributed by atoms with van der Waals surface area (Å²) in [7, 11) is 1.43. The van der Waals surface area contributed by atoms with Crippen LogP contribution in [0.3, 0.4) is 0 Å². The molecule has 4 N–H and O–H groups in total. The molecule has 10 heteroatoms. The van der Waals surface area contributed by atoms with Gasteiger partial charge in [0.05, 0.1) is 12.9 Å². The molecule has 0 heterocycles. The van der Waals surface area contributed by atoms with Gasteiger partial charge in [0.25, 0.3) is 11.8 Å². The maximum Gasteiger partial charge on any atom is 0.272 e. The van der Waals surface area contributed by atoms with Crippen LogP contribution in [0.1, 0.15) is 33.2 Å². The first kappa shape index (κ1) is 30.6. The van der Waals surface area contributed by atoms with Gasteiger partial charge in [-0.15, -0.1) is 11.8 Å². The molecule has 3 amide bonds. The molecular weight excluding hydrogens is 566 g/mol. The summed E-state index contributed by atoms with van der Waals surface area (Å²) in [4.78, 5) is 51.0. The summed E-state index contributed by atoms with van der Waals surface area (Å²) in [6.07, 6.45) is 1.46. The van der Waals surface area contributed by atoms with Crippen LogP contribution in [0, 0.1) is 0 Å². The summed E-state index contributed by atoms with van der Waals surface area (Å²) < 4.78 is 5.33. The average Bonchev–Trinajstić information content (AvgIpc) is 3.01. The minimum atomic E-state index is -0.590. The van der Waals surface area contributed by atoms with Crippen LogP contribution >= 0.6 is 11.8 Å². The average molecular weight is 596 g/mol. The van der Waals surface area contributed by atoms with E-state index in [9.17, 15) is 24.3 Å². The van der Waals surface area contributed by atoms with Gasteiger partial charge in [-0.1, -0.05) is 24.3 Å². The van der Waals surface area contributed by atoms with Gasteiger partial charge in [-0.2, -0.15) is 0 Å². The second-order valence-electron chi connectivity index (χ2n) is 9.26. The molecule has 0 radical (unpaired) electrons. The molecule has 0 fully saturated rings. The van der Waals surface area contributed by atoms with E-state index in [1.54, 1.807) is 78.9 Å². The predicted octanol–water partition coefficient (Wildman–Crippen LogP) is 5.74. The molecular formula is C33H29N3O6S. The van der Waals surface area contributed by atoms with Crippen molar-refractivity contribution in [3.05, 3.63) is 119 Å². The van der Waals surface area contributed by atoms with Crippen LogP contribution in [0.5, 0.6) is 11.5 Å². The molecule has 0 aromatic heterocycles. The number of benzene rings is 4. The van der Waals surface area contributed by atoms with Crippen molar-refractivity contribution in [2.24, 2.45) is 0 Å². The van der Waals surface area contributed by atoms with Crippen molar-refractivity contribution in [2.75, 3.05) is 23.5 Å². The lowest BCUT2D eigenvalue weighted by Gasteiger charge is -2.13. The van der Waals surface area contributed by atoms with Crippen LogP contribution in [0.4, 0.5) is 11.4 Å². The smallest absolute Gasteiger partial charge is 0.272 e. The summed E-state index contributed by atoms with van der Waals surface area (Å²) >= 11 is 1.28. The molecule has 4 aromatic rings. The Morgan fingerprint density at radius 3 is 2.26 bits per heavy atom. The third-order valence-corrected chi connectivity index (χ3v) is 7.08. The van der Waals surface area contributed by atoms with Crippen molar-refractivity contribution < 1.29 is 29.0 Å². The van der Waals surface area contributed by atoms with E-state index >= 15 is 0 Å². The molecule has 0 bridgehead atoms. The highest BCUT2D eigenvalue weighted by atomic mass is 32.2. The SMILES string of the molecule is COc1cc(O)ccc1/C=C(/NC(=O)c1ccccc1)C(=O)Nc1cccc(SCC(=O)Nc2ccc(C(C)=O)cc2)c1. The number of phenolic OH excluding ortho intramolecular Hbond substituents is 1. The predicted molar refractivity (Wildman–Crippen MR) is 167 cm³/mol. The van der Waals surface area contributed by atoms with Crippen LogP contribution in [0.25, 0.3) is 6.08 Å². The number of ether oxygens (including phenoxy) is 1. The number of methoxy groups -OCH3 is 1. The molecule has 0 spiro atoms. The van der Waals surface area contributed by atoms with Crippen LogP contribution in [-0.2, 0) is 9.59 Å². The molecule has 0 aliphatic rings. The van der Waals surface area contributed by atoms with Crippen molar-refractivity contribution in [1.29, 1.82) is 0 Å². The van der Waals surface area contributed by atoms with E-state index in [0.717, 1.165) is 4.90 Å². The topological polar surface area (TPSA) is 134 Å². The Balaban J connectivity index is 1.47. The highest BCUT2D eigenvalue weighted by molar-refractivity contribution is 8.00. The van der Waals surface area contributed by atoms with E-state index in [2.05, 4.69) is 16.0 Å². The third kappa shape index (κ3) is 8.82. The monoisotopic (exact) mass is 595 g/mol. The minimum absolute atomic E-state index is 0.0118. The lowest BCUT2D eigenvalue weighted by Crippen LogP contribution is -2.30. The normalized spacial score (nSPS) is 10.9. The van der Waals surface area contributed by atoms with Crippen LogP contribution < -0.4 is 20.7 Å². The van der Waals surface area contributed by atoms with E-state index in [0.29, 0.717) is 33.8 Å². The largest absolute Gasteiger partial charge is 0.508 e. The maximum absolute atomic E-state index is 13.4. The van der Waals surface area contributed by atoms with E-state index < -0.39 is 11.8 Å². The number of Topliss-reactive ketones (excluding diaryl/α,β-unsaturated/α-hetero) is 1.